The van der Waals surface area contributed by atoms with Crippen LogP contribution >= 0.6 is 11.9 Å². The molecule has 6 heteroatoms. The molecule has 0 bridgehead atoms. The van der Waals surface area contributed by atoms with Gasteiger partial charge in [0.05, 0.1) is 0 Å². The first-order valence-corrected chi connectivity index (χ1v) is 4.64. The van der Waals surface area contributed by atoms with Crippen molar-refractivity contribution in [2.24, 2.45) is 0 Å². The molecule has 2 aromatic rings. The molecule has 0 unspecified atom stereocenters. The summed E-state index contributed by atoms with van der Waals surface area (Å²) in [6, 6.07) is 3.49. The van der Waals surface area contributed by atoms with Crippen molar-refractivity contribution < 1.29 is 0 Å². The predicted molar refractivity (Wildman–Crippen MR) is 51.7 cm³/mol. The molecule has 0 amide bonds. The Labute approximate surface area is 85.2 Å². The second kappa shape index (κ2) is 4.64. The highest BCUT2D eigenvalue weighted by Crippen LogP contribution is 2.12. The Morgan fingerprint density at radius 3 is 2.07 bits per heavy atom. The molecule has 0 fully saturated rings. The SMILES string of the molecule is c1cnc([N+]Sc2ncccn2)nc1. The molecule has 14 heavy (non-hydrogen) atoms. The summed E-state index contributed by atoms with van der Waals surface area (Å²) in [6.07, 6.45) is 6.60. The van der Waals surface area contributed by atoms with Gasteiger partial charge < -0.3 is 0 Å². The van der Waals surface area contributed by atoms with Gasteiger partial charge in [-0.2, -0.15) is 9.97 Å². The summed E-state index contributed by atoms with van der Waals surface area (Å²) >= 11 is 1.15. The fourth-order valence-electron chi connectivity index (χ4n) is 0.753. The van der Waals surface area contributed by atoms with Gasteiger partial charge in [-0.25, -0.2) is 9.97 Å². The molecule has 0 aliphatic carbocycles. The molecule has 0 aromatic carbocycles. The Balaban J connectivity index is 1.96. The van der Waals surface area contributed by atoms with Gasteiger partial charge in [-0.3, -0.25) is 0 Å². The van der Waals surface area contributed by atoms with Crippen molar-refractivity contribution in [3.63, 3.8) is 0 Å². The van der Waals surface area contributed by atoms with Crippen molar-refractivity contribution in [1.82, 2.24) is 24.7 Å². The third-order valence-corrected chi connectivity index (χ3v) is 1.93. The van der Waals surface area contributed by atoms with Crippen LogP contribution < -0.4 is 4.72 Å². The molecule has 2 radical (unpaired) electrons. The van der Waals surface area contributed by atoms with E-state index in [0.717, 1.165) is 11.9 Å². The lowest BCUT2D eigenvalue weighted by Gasteiger charge is -1.84. The van der Waals surface area contributed by atoms with E-state index in [4.69, 9.17) is 0 Å². The maximum absolute atomic E-state index is 4.05. The molecule has 0 aliphatic heterocycles. The van der Waals surface area contributed by atoms with Crippen LogP contribution in [0.15, 0.2) is 42.1 Å². The van der Waals surface area contributed by atoms with E-state index in [9.17, 15) is 0 Å². The van der Waals surface area contributed by atoms with Crippen LogP contribution in [-0.4, -0.2) is 19.9 Å². The lowest BCUT2D eigenvalue weighted by atomic mass is 10.7. The smallest absolute Gasteiger partial charge is 0.226 e. The van der Waals surface area contributed by atoms with Crippen molar-refractivity contribution in [1.29, 1.82) is 0 Å². The fourth-order valence-corrected chi connectivity index (χ4v) is 1.23. The lowest BCUT2D eigenvalue weighted by Crippen LogP contribution is -1.93. The molecular weight excluding hydrogens is 198 g/mol. The highest BCUT2D eigenvalue weighted by atomic mass is 32.2. The Bertz CT molecular complexity index is 340. The summed E-state index contributed by atoms with van der Waals surface area (Å²) in [5.74, 6) is 0.421. The Morgan fingerprint density at radius 1 is 0.857 bits per heavy atom. The molecule has 2 aromatic heterocycles. The Morgan fingerprint density at radius 2 is 1.43 bits per heavy atom. The quantitative estimate of drug-likeness (QED) is 0.555. The fraction of sp³-hybridized carbons (Fsp3) is 0. The molecule has 2 rings (SSSR count). The van der Waals surface area contributed by atoms with Gasteiger partial charge in [0, 0.05) is 24.8 Å². The minimum absolute atomic E-state index is 0.421. The lowest BCUT2D eigenvalue weighted by molar-refractivity contribution is 0.957. The average Bonchev–Trinajstić information content (AvgIpc) is 2.29. The minimum Gasteiger partial charge on any atom is -0.226 e. The number of aromatic nitrogens is 4. The maximum Gasteiger partial charge on any atom is 0.457 e. The van der Waals surface area contributed by atoms with E-state index in [0.29, 0.717) is 11.1 Å². The van der Waals surface area contributed by atoms with Crippen LogP contribution in [0.25, 0.3) is 0 Å². The highest BCUT2D eigenvalue weighted by Gasteiger charge is 2.17. The zero-order valence-electron chi connectivity index (χ0n) is 7.11. The van der Waals surface area contributed by atoms with Crippen LogP contribution in [0.4, 0.5) is 5.95 Å². The van der Waals surface area contributed by atoms with Gasteiger partial charge in [-0.1, -0.05) is 0 Å². The van der Waals surface area contributed by atoms with Crippen LogP contribution in [0, 0.1) is 0 Å². The standard InChI is InChI=1S/C8H6N5S/c1-3-9-7(10-4-1)13-14-8-11-5-2-6-12-8/h1-6H/q+1. The molecule has 2 heterocycles. The molecule has 0 atom stereocenters. The predicted octanol–water partition coefficient (Wildman–Crippen LogP) is 1.21. The maximum atomic E-state index is 4.05. The van der Waals surface area contributed by atoms with Crippen LogP contribution in [-0.2, 0) is 0 Å². The molecule has 0 spiro atoms. The molecule has 68 valence electrons. The number of rotatable bonds is 3. The molecule has 5 nitrogen and oxygen atoms in total. The van der Waals surface area contributed by atoms with Crippen molar-refractivity contribution in [2.45, 2.75) is 5.16 Å². The first kappa shape index (κ1) is 9.04. The van der Waals surface area contributed by atoms with Crippen LogP contribution in [0.3, 0.4) is 0 Å². The van der Waals surface area contributed by atoms with Gasteiger partial charge in [-0.05, 0) is 12.1 Å². The molecule has 0 aliphatic rings. The van der Waals surface area contributed by atoms with Crippen molar-refractivity contribution >= 4 is 17.9 Å². The van der Waals surface area contributed by atoms with Gasteiger partial charge in [0.2, 0.25) is 4.72 Å². The topological polar surface area (TPSA) is 65.7 Å². The van der Waals surface area contributed by atoms with E-state index in [2.05, 4.69) is 24.7 Å². The van der Waals surface area contributed by atoms with Gasteiger partial charge in [0.15, 0.2) is 0 Å². The normalized spacial score (nSPS) is 10.0. The largest absolute Gasteiger partial charge is 0.457 e. The highest BCUT2D eigenvalue weighted by molar-refractivity contribution is 7.97. The van der Waals surface area contributed by atoms with Gasteiger partial charge in [0.1, 0.15) is 0 Å². The van der Waals surface area contributed by atoms with E-state index in [1.807, 2.05) is 0 Å². The average molecular weight is 204 g/mol. The zero-order chi connectivity index (χ0) is 9.64. The molecule has 0 saturated carbocycles. The van der Waals surface area contributed by atoms with E-state index in [1.165, 1.54) is 0 Å². The van der Waals surface area contributed by atoms with Crippen molar-refractivity contribution in [3.05, 3.63) is 36.9 Å². The van der Waals surface area contributed by atoms with Crippen LogP contribution in [0.1, 0.15) is 0 Å². The van der Waals surface area contributed by atoms with Crippen LogP contribution in [0.2, 0.25) is 0 Å². The van der Waals surface area contributed by atoms with E-state index < -0.39 is 0 Å². The summed E-state index contributed by atoms with van der Waals surface area (Å²) in [7, 11) is 0. The monoisotopic (exact) mass is 204 g/mol. The second-order valence-corrected chi connectivity index (χ2v) is 2.99. The second-order valence-electron chi connectivity index (χ2n) is 2.26. The first-order chi connectivity index (χ1) is 6.95. The number of hydrogen-bond acceptors (Lipinski definition) is 5. The number of nitrogens with zero attached hydrogens (tertiary/aromatic N) is 5. The summed E-state index contributed by atoms with van der Waals surface area (Å²) in [5, 5.41) is 0.583. The van der Waals surface area contributed by atoms with Crippen molar-refractivity contribution in [2.75, 3.05) is 0 Å². The summed E-state index contributed by atoms with van der Waals surface area (Å²) < 4.78 is 4.05. The first-order valence-electron chi connectivity index (χ1n) is 3.87. The molecular formula is C8H6N5S+. The number of hydrogen-bond donors (Lipinski definition) is 0. The Kier molecular flexibility index (Phi) is 2.99. The zero-order valence-corrected chi connectivity index (χ0v) is 7.92. The summed E-state index contributed by atoms with van der Waals surface area (Å²) in [5.41, 5.74) is 0. The minimum atomic E-state index is 0.421. The third kappa shape index (κ3) is 2.48. The van der Waals surface area contributed by atoms with E-state index >= 15 is 0 Å². The van der Waals surface area contributed by atoms with E-state index in [1.54, 1.807) is 36.9 Å². The van der Waals surface area contributed by atoms with Crippen LogP contribution in [0.5, 0.6) is 0 Å². The van der Waals surface area contributed by atoms with Gasteiger partial charge in [0.25, 0.3) is 17.1 Å². The van der Waals surface area contributed by atoms with Gasteiger partial charge in [-0.15, -0.1) is 0 Å². The third-order valence-electron chi connectivity index (χ3n) is 1.30. The molecule has 0 N–H and O–H groups in total. The summed E-state index contributed by atoms with van der Waals surface area (Å²) in [6.45, 7) is 0. The van der Waals surface area contributed by atoms with E-state index in [-0.39, 0.29) is 0 Å². The van der Waals surface area contributed by atoms with Gasteiger partial charge >= 0.3 is 5.95 Å². The van der Waals surface area contributed by atoms with Crippen molar-refractivity contribution in [3.8, 4) is 0 Å². The Hall–Kier alpha value is -1.53. The summed E-state index contributed by atoms with van der Waals surface area (Å²) in [4.78, 5) is 15.9. The molecule has 0 saturated heterocycles.